The van der Waals surface area contributed by atoms with Gasteiger partial charge in [0.05, 0.1) is 25.9 Å². The van der Waals surface area contributed by atoms with E-state index in [0.717, 1.165) is 50.9 Å². The van der Waals surface area contributed by atoms with Gasteiger partial charge in [-0.15, -0.1) is 0 Å². The molecule has 0 spiro atoms. The molecule has 0 bridgehead atoms. The maximum atomic E-state index is 6.09. The number of guanidine groups is 1. The predicted octanol–water partition coefficient (Wildman–Crippen LogP) is 3.48. The van der Waals surface area contributed by atoms with Crippen LogP contribution in [0.25, 0.3) is 0 Å². The Morgan fingerprint density at radius 2 is 1.94 bits per heavy atom. The zero-order valence-corrected chi connectivity index (χ0v) is 18.9. The van der Waals surface area contributed by atoms with Crippen LogP contribution in [0.1, 0.15) is 23.7 Å². The van der Waals surface area contributed by atoms with Crippen LogP contribution in [-0.2, 0) is 4.74 Å². The lowest BCUT2D eigenvalue weighted by atomic mass is 10.0. The highest BCUT2D eigenvalue weighted by molar-refractivity contribution is 5.80. The van der Waals surface area contributed by atoms with Gasteiger partial charge in [-0.1, -0.05) is 36.4 Å². The van der Waals surface area contributed by atoms with E-state index in [9.17, 15) is 0 Å². The summed E-state index contributed by atoms with van der Waals surface area (Å²) in [6.07, 6.45) is 1.25. The minimum absolute atomic E-state index is 0.0843. The van der Waals surface area contributed by atoms with Crippen molar-refractivity contribution in [3.8, 4) is 5.75 Å². The highest BCUT2D eigenvalue weighted by Crippen LogP contribution is 2.32. The number of hydrogen-bond donors (Lipinski definition) is 1. The smallest absolute Gasteiger partial charge is 0.193 e. The summed E-state index contributed by atoms with van der Waals surface area (Å²) < 4.78 is 11.6. The third kappa shape index (κ3) is 4.96. The molecule has 2 heterocycles. The Kier molecular flexibility index (Phi) is 6.97. The topological polar surface area (TPSA) is 49.3 Å². The van der Waals surface area contributed by atoms with Crippen molar-refractivity contribution in [3.05, 3.63) is 59.7 Å². The first-order chi connectivity index (χ1) is 15.2. The van der Waals surface area contributed by atoms with Crippen molar-refractivity contribution in [2.75, 3.05) is 58.4 Å². The summed E-state index contributed by atoms with van der Waals surface area (Å²) in [5, 5.41) is 3.63. The number of benzene rings is 2. The third-order valence-corrected chi connectivity index (χ3v) is 6.37. The summed E-state index contributed by atoms with van der Waals surface area (Å²) in [5.74, 6) is 2.50. The number of rotatable bonds is 5. The van der Waals surface area contributed by atoms with E-state index >= 15 is 0 Å². The molecule has 166 valence electrons. The minimum Gasteiger partial charge on any atom is -0.495 e. The molecule has 0 aromatic heterocycles. The van der Waals surface area contributed by atoms with Crippen molar-refractivity contribution in [2.45, 2.75) is 19.4 Å². The number of aryl methyl sites for hydroxylation is 1. The molecule has 2 saturated heterocycles. The van der Waals surface area contributed by atoms with Gasteiger partial charge in [-0.3, -0.25) is 4.99 Å². The van der Waals surface area contributed by atoms with Gasteiger partial charge in [0.2, 0.25) is 0 Å². The number of hydrogen-bond acceptors (Lipinski definition) is 4. The predicted molar refractivity (Wildman–Crippen MR) is 126 cm³/mol. The summed E-state index contributed by atoms with van der Waals surface area (Å²) in [4.78, 5) is 9.32. The summed E-state index contributed by atoms with van der Waals surface area (Å²) in [6.45, 7) is 7.55. The van der Waals surface area contributed by atoms with Crippen molar-refractivity contribution in [1.82, 2.24) is 10.2 Å². The van der Waals surface area contributed by atoms with Crippen molar-refractivity contribution < 1.29 is 9.47 Å². The van der Waals surface area contributed by atoms with Crippen molar-refractivity contribution in [3.63, 3.8) is 0 Å². The van der Waals surface area contributed by atoms with Gasteiger partial charge in [-0.05, 0) is 42.5 Å². The molecule has 2 fully saturated rings. The molecular formula is C25H34N4O2. The Labute approximate surface area is 185 Å². The van der Waals surface area contributed by atoms with E-state index in [4.69, 9.17) is 9.47 Å². The summed E-state index contributed by atoms with van der Waals surface area (Å²) in [5.41, 5.74) is 3.73. The maximum Gasteiger partial charge on any atom is 0.193 e. The Morgan fingerprint density at radius 3 is 2.74 bits per heavy atom. The van der Waals surface area contributed by atoms with Gasteiger partial charge >= 0.3 is 0 Å². The average molecular weight is 423 g/mol. The van der Waals surface area contributed by atoms with Crippen LogP contribution in [0, 0.1) is 12.8 Å². The van der Waals surface area contributed by atoms with Gasteiger partial charge in [0.15, 0.2) is 5.96 Å². The molecule has 0 aliphatic carbocycles. The fourth-order valence-corrected chi connectivity index (χ4v) is 4.65. The molecule has 2 atom stereocenters. The first-order valence-corrected chi connectivity index (χ1v) is 11.2. The molecule has 1 N–H and O–H groups in total. The van der Waals surface area contributed by atoms with Crippen molar-refractivity contribution >= 4 is 11.6 Å². The Bertz CT molecular complexity index is 901. The van der Waals surface area contributed by atoms with Gasteiger partial charge in [0.25, 0.3) is 0 Å². The second kappa shape index (κ2) is 10.1. The fourth-order valence-electron chi connectivity index (χ4n) is 4.65. The molecule has 2 unspecified atom stereocenters. The van der Waals surface area contributed by atoms with E-state index in [1.54, 1.807) is 7.11 Å². The molecule has 31 heavy (non-hydrogen) atoms. The van der Waals surface area contributed by atoms with Crippen LogP contribution in [-0.4, -0.2) is 64.3 Å². The molecule has 6 nitrogen and oxygen atoms in total. The van der Waals surface area contributed by atoms with Crippen LogP contribution in [0.15, 0.2) is 53.5 Å². The number of morpholine rings is 1. The van der Waals surface area contributed by atoms with Crippen LogP contribution in [0.5, 0.6) is 5.75 Å². The second-order valence-corrected chi connectivity index (χ2v) is 8.36. The van der Waals surface area contributed by atoms with E-state index in [1.807, 2.05) is 19.2 Å². The monoisotopic (exact) mass is 422 g/mol. The summed E-state index contributed by atoms with van der Waals surface area (Å²) in [6, 6.07) is 16.8. The lowest BCUT2D eigenvalue weighted by Gasteiger charge is -2.36. The van der Waals surface area contributed by atoms with Crippen LogP contribution < -0.4 is 15.0 Å². The molecule has 2 aliphatic heterocycles. The quantitative estimate of drug-likeness (QED) is 0.591. The number of para-hydroxylation sites is 2. The standard InChI is InChI=1S/C25H34N4O2/c1-19-8-4-5-9-21(19)24-18-29(14-15-31-24)25(26-2)27-16-20-12-13-28(17-20)22-10-6-7-11-23(22)30-3/h4-11,20,24H,12-18H2,1-3H3,(H,26,27). The van der Waals surface area contributed by atoms with Gasteiger partial charge in [-0.25, -0.2) is 0 Å². The first kappa shape index (κ1) is 21.5. The van der Waals surface area contributed by atoms with Crippen molar-refractivity contribution in [1.29, 1.82) is 0 Å². The van der Waals surface area contributed by atoms with Gasteiger partial charge < -0.3 is 24.6 Å². The number of anilines is 1. The lowest BCUT2D eigenvalue weighted by Crippen LogP contribution is -2.49. The van der Waals surface area contributed by atoms with Gasteiger partial charge in [0.1, 0.15) is 11.9 Å². The van der Waals surface area contributed by atoms with E-state index in [1.165, 1.54) is 16.8 Å². The largest absolute Gasteiger partial charge is 0.495 e. The van der Waals surface area contributed by atoms with E-state index < -0.39 is 0 Å². The number of nitrogens with one attached hydrogen (secondary N) is 1. The number of ether oxygens (including phenoxy) is 2. The molecule has 2 aromatic rings. The molecule has 6 heteroatoms. The van der Waals surface area contributed by atoms with Crippen LogP contribution >= 0.6 is 0 Å². The number of aliphatic imine (C=N–C) groups is 1. The zero-order valence-electron chi connectivity index (χ0n) is 18.9. The molecule has 0 amide bonds. The lowest BCUT2D eigenvalue weighted by molar-refractivity contribution is -0.00835. The van der Waals surface area contributed by atoms with Gasteiger partial charge in [-0.2, -0.15) is 0 Å². The molecule has 4 rings (SSSR count). The number of methoxy groups -OCH3 is 1. The van der Waals surface area contributed by atoms with Crippen molar-refractivity contribution in [2.24, 2.45) is 10.9 Å². The molecule has 0 saturated carbocycles. The molecule has 0 radical (unpaired) electrons. The SMILES string of the molecule is CN=C(NCC1CCN(c2ccccc2OC)C1)N1CCOC(c2ccccc2C)C1. The highest BCUT2D eigenvalue weighted by atomic mass is 16.5. The summed E-state index contributed by atoms with van der Waals surface area (Å²) >= 11 is 0. The summed E-state index contributed by atoms with van der Waals surface area (Å²) in [7, 11) is 3.61. The Morgan fingerprint density at radius 1 is 1.13 bits per heavy atom. The zero-order chi connectivity index (χ0) is 21.6. The normalized spacial score (nSPS) is 22.0. The number of nitrogens with zero attached hydrogens (tertiary/aromatic N) is 3. The van der Waals surface area contributed by atoms with Crippen LogP contribution in [0.4, 0.5) is 5.69 Å². The first-order valence-electron chi connectivity index (χ1n) is 11.2. The second-order valence-electron chi connectivity index (χ2n) is 8.36. The van der Waals surface area contributed by atoms with Crippen LogP contribution in [0.2, 0.25) is 0 Å². The Hall–Kier alpha value is -2.73. The minimum atomic E-state index is 0.0843. The van der Waals surface area contributed by atoms with E-state index in [2.05, 4.69) is 63.4 Å². The average Bonchev–Trinajstić information content (AvgIpc) is 3.29. The van der Waals surface area contributed by atoms with E-state index in [0.29, 0.717) is 12.5 Å². The van der Waals surface area contributed by atoms with Crippen LogP contribution in [0.3, 0.4) is 0 Å². The third-order valence-electron chi connectivity index (χ3n) is 6.37. The van der Waals surface area contributed by atoms with Gasteiger partial charge in [0, 0.05) is 33.2 Å². The highest BCUT2D eigenvalue weighted by Gasteiger charge is 2.27. The molecular weight excluding hydrogens is 388 g/mol. The molecule has 2 aliphatic rings. The molecule has 2 aromatic carbocycles. The van der Waals surface area contributed by atoms with E-state index in [-0.39, 0.29) is 6.10 Å². The maximum absolute atomic E-state index is 6.09. The fraction of sp³-hybridized carbons (Fsp3) is 0.480. The Balaban J connectivity index is 1.33.